The summed E-state index contributed by atoms with van der Waals surface area (Å²) in [5.41, 5.74) is 2.59. The number of carbonyl (C=O) groups excluding carboxylic acids is 1. The number of halogens is 2. The van der Waals surface area contributed by atoms with Crippen molar-refractivity contribution in [3.8, 4) is 0 Å². The lowest BCUT2D eigenvalue weighted by Gasteiger charge is -2.08. The third-order valence-electron chi connectivity index (χ3n) is 2.79. The van der Waals surface area contributed by atoms with Crippen molar-refractivity contribution in [1.29, 1.82) is 0 Å². The van der Waals surface area contributed by atoms with Gasteiger partial charge in [-0.25, -0.2) is 4.79 Å². The fraction of sp³-hybridized carbons (Fsp3) is 0.133. The normalized spacial score (nSPS) is 10.2. The van der Waals surface area contributed by atoms with E-state index in [1.54, 1.807) is 12.1 Å². The molecule has 0 spiro atoms. The Labute approximate surface area is 131 Å². The monoisotopic (exact) mass is 353 g/mol. The largest absolute Gasteiger partial charge is 0.465 e. The highest BCUT2D eigenvalue weighted by molar-refractivity contribution is 9.10. The fourth-order valence-corrected chi connectivity index (χ4v) is 2.18. The highest BCUT2D eigenvalue weighted by Gasteiger charge is 2.04. The van der Waals surface area contributed by atoms with Crippen molar-refractivity contribution in [2.45, 2.75) is 6.54 Å². The molecule has 1 N–H and O–H groups in total. The molecular formula is C15H13BrClNO2. The number of ether oxygens (including phenoxy) is 1. The summed E-state index contributed by atoms with van der Waals surface area (Å²) in [5, 5.41) is 3.97. The molecule has 3 nitrogen and oxygen atoms in total. The zero-order valence-corrected chi connectivity index (χ0v) is 13.2. The first-order valence-electron chi connectivity index (χ1n) is 5.96. The van der Waals surface area contributed by atoms with Crippen molar-refractivity contribution in [3.63, 3.8) is 0 Å². The van der Waals surface area contributed by atoms with Gasteiger partial charge in [0, 0.05) is 16.7 Å². The van der Waals surface area contributed by atoms with Crippen LogP contribution in [0.2, 0.25) is 5.02 Å². The minimum atomic E-state index is -0.328. The number of anilines is 1. The summed E-state index contributed by atoms with van der Waals surface area (Å²) in [6.07, 6.45) is 0. The van der Waals surface area contributed by atoms with E-state index in [0.29, 0.717) is 17.1 Å². The van der Waals surface area contributed by atoms with Crippen LogP contribution in [0.25, 0.3) is 0 Å². The topological polar surface area (TPSA) is 38.3 Å². The Morgan fingerprint density at radius 2 is 1.95 bits per heavy atom. The second-order valence-corrected chi connectivity index (χ2v) is 5.43. The number of esters is 1. The van der Waals surface area contributed by atoms with Crippen LogP contribution < -0.4 is 5.32 Å². The molecule has 0 atom stereocenters. The average Bonchev–Trinajstić information content (AvgIpc) is 2.48. The van der Waals surface area contributed by atoms with Crippen LogP contribution in [0.4, 0.5) is 5.69 Å². The minimum Gasteiger partial charge on any atom is -0.465 e. The molecule has 0 heterocycles. The van der Waals surface area contributed by atoms with Crippen LogP contribution in [0.15, 0.2) is 46.9 Å². The summed E-state index contributed by atoms with van der Waals surface area (Å²) in [5.74, 6) is -0.328. The first kappa shape index (κ1) is 14.9. The number of hydrogen-bond acceptors (Lipinski definition) is 3. The Bertz CT molecular complexity index is 614. The summed E-state index contributed by atoms with van der Waals surface area (Å²) >= 11 is 9.32. The lowest BCUT2D eigenvalue weighted by atomic mass is 10.1. The molecule has 0 aliphatic heterocycles. The quantitative estimate of drug-likeness (QED) is 0.822. The van der Waals surface area contributed by atoms with Gasteiger partial charge in [-0.05, 0) is 51.8 Å². The van der Waals surface area contributed by atoms with E-state index in [4.69, 9.17) is 11.6 Å². The number of hydrogen-bond donors (Lipinski definition) is 1. The maximum absolute atomic E-state index is 11.3. The summed E-state index contributed by atoms with van der Waals surface area (Å²) in [6.45, 7) is 0.662. The van der Waals surface area contributed by atoms with Gasteiger partial charge in [-0.1, -0.05) is 23.7 Å². The SMILES string of the molecule is COC(=O)c1ccc(CNc2ccc(Cl)c(Br)c2)cc1. The van der Waals surface area contributed by atoms with Crippen LogP contribution in [0, 0.1) is 0 Å². The zero-order valence-electron chi connectivity index (χ0n) is 10.8. The van der Waals surface area contributed by atoms with E-state index in [-0.39, 0.29) is 5.97 Å². The fourth-order valence-electron chi connectivity index (χ4n) is 1.69. The van der Waals surface area contributed by atoms with Crippen LogP contribution in [-0.2, 0) is 11.3 Å². The smallest absolute Gasteiger partial charge is 0.337 e. The van der Waals surface area contributed by atoms with E-state index in [0.717, 1.165) is 15.7 Å². The van der Waals surface area contributed by atoms with Crippen LogP contribution >= 0.6 is 27.5 Å². The predicted molar refractivity (Wildman–Crippen MR) is 84.3 cm³/mol. The van der Waals surface area contributed by atoms with Crippen molar-refractivity contribution < 1.29 is 9.53 Å². The molecule has 0 amide bonds. The van der Waals surface area contributed by atoms with E-state index in [2.05, 4.69) is 26.0 Å². The van der Waals surface area contributed by atoms with E-state index in [1.165, 1.54) is 7.11 Å². The van der Waals surface area contributed by atoms with Crippen molar-refractivity contribution in [3.05, 3.63) is 63.1 Å². The van der Waals surface area contributed by atoms with Gasteiger partial charge in [0.15, 0.2) is 0 Å². The number of benzene rings is 2. The Kier molecular flexibility index (Phi) is 5.04. The highest BCUT2D eigenvalue weighted by Crippen LogP contribution is 2.25. The molecule has 0 radical (unpaired) electrons. The van der Waals surface area contributed by atoms with E-state index in [1.807, 2.05) is 30.3 Å². The Balaban J connectivity index is 2.00. The lowest BCUT2D eigenvalue weighted by Crippen LogP contribution is -2.03. The van der Waals surface area contributed by atoms with Crippen molar-refractivity contribution in [2.24, 2.45) is 0 Å². The molecule has 0 bridgehead atoms. The molecule has 20 heavy (non-hydrogen) atoms. The summed E-state index contributed by atoms with van der Waals surface area (Å²) in [7, 11) is 1.37. The first-order valence-corrected chi connectivity index (χ1v) is 7.13. The van der Waals surface area contributed by atoms with Crippen molar-refractivity contribution in [1.82, 2.24) is 0 Å². The Morgan fingerprint density at radius 3 is 2.55 bits per heavy atom. The van der Waals surface area contributed by atoms with Crippen LogP contribution in [0.5, 0.6) is 0 Å². The van der Waals surface area contributed by atoms with E-state index >= 15 is 0 Å². The molecule has 2 aromatic rings. The number of carbonyl (C=O) groups is 1. The molecule has 2 aromatic carbocycles. The van der Waals surface area contributed by atoms with E-state index in [9.17, 15) is 4.79 Å². The van der Waals surface area contributed by atoms with Crippen LogP contribution in [-0.4, -0.2) is 13.1 Å². The molecule has 0 saturated heterocycles. The van der Waals surface area contributed by atoms with Crippen LogP contribution in [0.3, 0.4) is 0 Å². The molecule has 0 aromatic heterocycles. The highest BCUT2D eigenvalue weighted by atomic mass is 79.9. The molecule has 2 rings (SSSR count). The Hall–Kier alpha value is -1.52. The van der Waals surface area contributed by atoms with Gasteiger partial charge in [0.25, 0.3) is 0 Å². The van der Waals surface area contributed by atoms with E-state index < -0.39 is 0 Å². The second kappa shape index (κ2) is 6.77. The molecule has 5 heteroatoms. The van der Waals surface area contributed by atoms with Gasteiger partial charge < -0.3 is 10.1 Å². The molecule has 0 fully saturated rings. The number of rotatable bonds is 4. The minimum absolute atomic E-state index is 0.328. The maximum atomic E-state index is 11.3. The average molecular weight is 355 g/mol. The lowest BCUT2D eigenvalue weighted by molar-refractivity contribution is 0.0600. The van der Waals surface area contributed by atoms with Gasteiger partial charge in [-0.3, -0.25) is 0 Å². The van der Waals surface area contributed by atoms with Gasteiger partial charge in [0.2, 0.25) is 0 Å². The maximum Gasteiger partial charge on any atom is 0.337 e. The van der Waals surface area contributed by atoms with Gasteiger partial charge in [-0.2, -0.15) is 0 Å². The predicted octanol–water partition coefficient (Wildman–Crippen LogP) is 4.50. The van der Waals surface area contributed by atoms with Crippen molar-refractivity contribution >= 4 is 39.2 Å². The standard InChI is InChI=1S/C15H13BrClNO2/c1-20-15(19)11-4-2-10(3-5-11)9-18-12-6-7-14(17)13(16)8-12/h2-8,18H,9H2,1H3. The van der Waals surface area contributed by atoms with Crippen LogP contribution in [0.1, 0.15) is 15.9 Å². The van der Waals surface area contributed by atoms with Gasteiger partial charge in [0.1, 0.15) is 0 Å². The number of methoxy groups -OCH3 is 1. The molecular weight excluding hydrogens is 342 g/mol. The van der Waals surface area contributed by atoms with Gasteiger partial charge in [0.05, 0.1) is 17.7 Å². The summed E-state index contributed by atoms with van der Waals surface area (Å²) in [6, 6.07) is 12.9. The summed E-state index contributed by atoms with van der Waals surface area (Å²) in [4.78, 5) is 11.3. The molecule has 0 saturated carbocycles. The second-order valence-electron chi connectivity index (χ2n) is 4.17. The number of nitrogens with one attached hydrogen (secondary N) is 1. The third kappa shape index (κ3) is 3.74. The molecule has 0 aliphatic carbocycles. The van der Waals surface area contributed by atoms with Gasteiger partial charge >= 0.3 is 5.97 Å². The first-order chi connectivity index (χ1) is 9.60. The van der Waals surface area contributed by atoms with Crippen molar-refractivity contribution in [2.75, 3.05) is 12.4 Å². The summed E-state index contributed by atoms with van der Waals surface area (Å²) < 4.78 is 5.51. The zero-order chi connectivity index (χ0) is 14.5. The molecule has 104 valence electrons. The molecule has 0 aliphatic rings. The Morgan fingerprint density at radius 1 is 1.25 bits per heavy atom. The molecule has 0 unspecified atom stereocenters. The van der Waals surface area contributed by atoms with Gasteiger partial charge in [-0.15, -0.1) is 0 Å². The third-order valence-corrected chi connectivity index (χ3v) is 4.01.